The van der Waals surface area contributed by atoms with Crippen LogP contribution in [0, 0.1) is 0 Å². The summed E-state index contributed by atoms with van der Waals surface area (Å²) in [6.07, 6.45) is 8.00. The molecular formula is C16H28N2O5. The lowest BCUT2D eigenvalue weighted by molar-refractivity contribution is -0.141. The molecule has 0 aromatic heterocycles. The molecule has 1 rings (SSSR count). The second-order valence-corrected chi connectivity index (χ2v) is 6.14. The van der Waals surface area contributed by atoms with Gasteiger partial charge in [0.2, 0.25) is 11.8 Å². The summed E-state index contributed by atoms with van der Waals surface area (Å²) in [7, 11) is 0. The molecule has 0 aromatic rings. The molecule has 0 heterocycles. The predicted octanol–water partition coefficient (Wildman–Crippen LogP) is 1.21. The molecule has 7 heteroatoms. The SMILES string of the molecule is CC(NC(=O)C(C)NC(=O)COC1CCCCCCC1)C(=O)O. The van der Waals surface area contributed by atoms with Crippen LogP contribution in [-0.2, 0) is 19.1 Å². The maximum atomic E-state index is 11.8. The molecule has 3 N–H and O–H groups in total. The van der Waals surface area contributed by atoms with E-state index in [1.54, 1.807) is 0 Å². The van der Waals surface area contributed by atoms with E-state index in [0.717, 1.165) is 25.7 Å². The van der Waals surface area contributed by atoms with Crippen LogP contribution in [0.15, 0.2) is 0 Å². The zero-order valence-corrected chi connectivity index (χ0v) is 14.0. The van der Waals surface area contributed by atoms with Crippen LogP contribution in [0.5, 0.6) is 0 Å². The molecule has 1 fully saturated rings. The summed E-state index contributed by atoms with van der Waals surface area (Å²) in [5.74, 6) is -2.01. The fraction of sp³-hybridized carbons (Fsp3) is 0.812. The van der Waals surface area contributed by atoms with Crippen molar-refractivity contribution in [2.45, 2.75) is 77.0 Å². The van der Waals surface area contributed by atoms with Crippen molar-refractivity contribution in [2.75, 3.05) is 6.61 Å². The highest BCUT2D eigenvalue weighted by Gasteiger charge is 2.21. The van der Waals surface area contributed by atoms with E-state index < -0.39 is 24.0 Å². The second-order valence-electron chi connectivity index (χ2n) is 6.14. The number of carboxylic acids is 1. The third-order valence-corrected chi connectivity index (χ3v) is 4.00. The Kier molecular flexibility index (Phi) is 8.61. The average Bonchev–Trinajstić information content (AvgIpc) is 2.45. The molecular weight excluding hydrogens is 300 g/mol. The number of carbonyl (C=O) groups excluding carboxylic acids is 2. The van der Waals surface area contributed by atoms with Gasteiger partial charge in [-0.25, -0.2) is 0 Å². The van der Waals surface area contributed by atoms with Crippen LogP contribution in [0.25, 0.3) is 0 Å². The van der Waals surface area contributed by atoms with Crippen molar-refractivity contribution in [1.29, 1.82) is 0 Å². The Balaban J connectivity index is 2.28. The molecule has 23 heavy (non-hydrogen) atoms. The van der Waals surface area contributed by atoms with Crippen LogP contribution in [0.4, 0.5) is 0 Å². The Hall–Kier alpha value is -1.63. The second kappa shape index (κ2) is 10.2. The predicted molar refractivity (Wildman–Crippen MR) is 84.9 cm³/mol. The zero-order chi connectivity index (χ0) is 17.2. The van der Waals surface area contributed by atoms with Crippen molar-refractivity contribution in [2.24, 2.45) is 0 Å². The summed E-state index contributed by atoms with van der Waals surface area (Å²) >= 11 is 0. The van der Waals surface area contributed by atoms with Crippen molar-refractivity contribution in [3.63, 3.8) is 0 Å². The highest BCUT2D eigenvalue weighted by molar-refractivity contribution is 5.90. The van der Waals surface area contributed by atoms with Crippen LogP contribution in [-0.4, -0.2) is 47.7 Å². The van der Waals surface area contributed by atoms with E-state index in [9.17, 15) is 14.4 Å². The van der Waals surface area contributed by atoms with Crippen LogP contribution in [0.3, 0.4) is 0 Å². The van der Waals surface area contributed by atoms with E-state index in [1.807, 2.05) is 0 Å². The Bertz CT molecular complexity index is 405. The smallest absolute Gasteiger partial charge is 0.325 e. The Morgan fingerprint density at radius 2 is 1.57 bits per heavy atom. The van der Waals surface area contributed by atoms with Gasteiger partial charge in [0.25, 0.3) is 0 Å². The van der Waals surface area contributed by atoms with Gasteiger partial charge >= 0.3 is 5.97 Å². The highest BCUT2D eigenvalue weighted by atomic mass is 16.5. The largest absolute Gasteiger partial charge is 0.480 e. The Morgan fingerprint density at radius 3 is 2.13 bits per heavy atom. The first kappa shape index (κ1) is 19.4. The van der Waals surface area contributed by atoms with Crippen LogP contribution < -0.4 is 10.6 Å². The molecule has 132 valence electrons. The highest BCUT2D eigenvalue weighted by Crippen LogP contribution is 2.19. The minimum absolute atomic E-state index is 0.0726. The van der Waals surface area contributed by atoms with Crippen molar-refractivity contribution >= 4 is 17.8 Å². The van der Waals surface area contributed by atoms with E-state index in [4.69, 9.17) is 9.84 Å². The van der Waals surface area contributed by atoms with Crippen molar-refractivity contribution in [3.05, 3.63) is 0 Å². The maximum Gasteiger partial charge on any atom is 0.325 e. The first-order chi connectivity index (χ1) is 10.9. The van der Waals surface area contributed by atoms with Gasteiger partial charge in [-0.3, -0.25) is 14.4 Å². The average molecular weight is 328 g/mol. The fourth-order valence-electron chi connectivity index (χ4n) is 2.53. The van der Waals surface area contributed by atoms with E-state index in [0.29, 0.717) is 0 Å². The van der Waals surface area contributed by atoms with Crippen LogP contribution in [0.1, 0.15) is 58.8 Å². The minimum atomic E-state index is -1.12. The van der Waals surface area contributed by atoms with Gasteiger partial charge in [-0.05, 0) is 26.7 Å². The number of rotatable bonds is 7. The van der Waals surface area contributed by atoms with Crippen LogP contribution in [0.2, 0.25) is 0 Å². The number of ether oxygens (including phenoxy) is 1. The van der Waals surface area contributed by atoms with E-state index in [2.05, 4.69) is 10.6 Å². The molecule has 2 atom stereocenters. The Labute approximate surface area is 137 Å². The first-order valence-electron chi connectivity index (χ1n) is 8.34. The number of carboxylic acid groups (broad SMARTS) is 1. The number of hydrogen-bond donors (Lipinski definition) is 3. The Morgan fingerprint density at radius 1 is 1.00 bits per heavy atom. The third kappa shape index (κ3) is 7.97. The molecule has 1 aliphatic carbocycles. The molecule has 0 saturated heterocycles. The minimum Gasteiger partial charge on any atom is -0.480 e. The number of amides is 2. The summed E-state index contributed by atoms with van der Waals surface area (Å²) in [5.41, 5.74) is 0. The summed E-state index contributed by atoms with van der Waals surface area (Å²) in [6, 6.07) is -1.79. The van der Waals surface area contributed by atoms with E-state index >= 15 is 0 Å². The van der Waals surface area contributed by atoms with Crippen LogP contribution >= 0.6 is 0 Å². The van der Waals surface area contributed by atoms with Crippen molar-refractivity contribution in [1.82, 2.24) is 10.6 Å². The third-order valence-electron chi connectivity index (χ3n) is 4.00. The molecule has 1 saturated carbocycles. The normalized spacial score (nSPS) is 19.0. The first-order valence-corrected chi connectivity index (χ1v) is 8.34. The molecule has 0 bridgehead atoms. The fourth-order valence-corrected chi connectivity index (χ4v) is 2.53. The molecule has 2 amide bonds. The molecule has 0 aliphatic heterocycles. The van der Waals surface area contributed by atoms with Gasteiger partial charge < -0.3 is 20.5 Å². The summed E-state index contributed by atoms with van der Waals surface area (Å²) in [5, 5.41) is 13.6. The standard InChI is InChI=1S/C16H28N2O5/c1-11(15(20)18-12(2)16(21)22)17-14(19)10-23-13-8-6-4-3-5-7-9-13/h11-13H,3-10H2,1-2H3,(H,17,19)(H,18,20)(H,21,22). The van der Waals surface area contributed by atoms with Gasteiger partial charge in [0.15, 0.2) is 0 Å². The van der Waals surface area contributed by atoms with Gasteiger partial charge in [0.1, 0.15) is 18.7 Å². The van der Waals surface area contributed by atoms with Gasteiger partial charge in [0, 0.05) is 0 Å². The van der Waals surface area contributed by atoms with E-state index in [-0.39, 0.29) is 18.6 Å². The monoisotopic (exact) mass is 328 g/mol. The summed E-state index contributed by atoms with van der Waals surface area (Å²) < 4.78 is 5.64. The molecule has 1 aliphatic rings. The summed E-state index contributed by atoms with van der Waals surface area (Å²) in [4.78, 5) is 34.3. The number of carbonyl (C=O) groups is 3. The molecule has 0 spiro atoms. The van der Waals surface area contributed by atoms with Gasteiger partial charge in [-0.1, -0.05) is 32.1 Å². The maximum absolute atomic E-state index is 11.8. The number of hydrogen-bond acceptors (Lipinski definition) is 4. The van der Waals surface area contributed by atoms with Gasteiger partial charge in [0.05, 0.1) is 6.10 Å². The quantitative estimate of drug-likeness (QED) is 0.651. The molecule has 7 nitrogen and oxygen atoms in total. The summed E-state index contributed by atoms with van der Waals surface area (Å²) in [6.45, 7) is 2.81. The van der Waals surface area contributed by atoms with Gasteiger partial charge in [-0.2, -0.15) is 0 Å². The van der Waals surface area contributed by atoms with Crippen molar-refractivity contribution < 1.29 is 24.2 Å². The number of nitrogens with one attached hydrogen (secondary N) is 2. The molecule has 2 unspecified atom stereocenters. The topological polar surface area (TPSA) is 105 Å². The van der Waals surface area contributed by atoms with E-state index in [1.165, 1.54) is 33.1 Å². The molecule has 0 radical (unpaired) electrons. The van der Waals surface area contributed by atoms with Gasteiger partial charge in [-0.15, -0.1) is 0 Å². The lowest BCUT2D eigenvalue weighted by atomic mass is 9.99. The van der Waals surface area contributed by atoms with Crippen molar-refractivity contribution in [3.8, 4) is 0 Å². The zero-order valence-electron chi connectivity index (χ0n) is 14.0. The lowest BCUT2D eigenvalue weighted by Crippen LogP contribution is -2.50. The molecule has 0 aromatic carbocycles. The lowest BCUT2D eigenvalue weighted by Gasteiger charge is -2.21. The number of aliphatic carboxylic acids is 1.